The molecule has 0 radical (unpaired) electrons. The molecule has 1 aromatic heterocycles. The van der Waals surface area contributed by atoms with Crippen LogP contribution in [0.15, 0.2) is 23.2 Å². The average Bonchev–Trinajstić information content (AvgIpc) is 3.13. The quantitative estimate of drug-likeness (QED) is 0.658. The second-order valence-corrected chi connectivity index (χ2v) is 6.98. The Balaban J connectivity index is 1.81. The zero-order chi connectivity index (χ0) is 16.4. The number of amides is 1. The highest BCUT2D eigenvalue weighted by molar-refractivity contribution is 8.26. The highest BCUT2D eigenvalue weighted by atomic mass is 32.2. The number of rotatable bonds is 4. The van der Waals surface area contributed by atoms with Gasteiger partial charge >= 0.3 is 5.97 Å². The predicted octanol–water partition coefficient (Wildman–Crippen LogP) is 1.97. The molecule has 1 N–H and O–H groups in total. The van der Waals surface area contributed by atoms with E-state index in [1.165, 1.54) is 12.8 Å². The number of thiocarbonyl (C=S) groups is 1. The topological polar surface area (TPSA) is 73.7 Å². The van der Waals surface area contributed by atoms with Gasteiger partial charge in [-0.3, -0.25) is 14.5 Å². The lowest BCUT2D eigenvalue weighted by molar-refractivity contribution is -0.140. The van der Waals surface area contributed by atoms with Crippen LogP contribution in [-0.4, -0.2) is 50.8 Å². The zero-order valence-corrected chi connectivity index (χ0v) is 13.9. The SMILES string of the molecule is O=C(O)CN1C(=O)/C(=C\c2ccnc(N3CCCC3)c2)SC1=S. The van der Waals surface area contributed by atoms with Gasteiger partial charge in [-0.05, 0) is 36.6 Å². The Labute approximate surface area is 143 Å². The fourth-order valence-corrected chi connectivity index (χ4v) is 3.82. The van der Waals surface area contributed by atoms with Gasteiger partial charge in [0.15, 0.2) is 0 Å². The molecule has 3 rings (SSSR count). The summed E-state index contributed by atoms with van der Waals surface area (Å²) in [7, 11) is 0. The third-order valence-electron chi connectivity index (χ3n) is 3.66. The maximum absolute atomic E-state index is 12.3. The second-order valence-electron chi connectivity index (χ2n) is 5.30. The Kier molecular flexibility index (Phi) is 4.63. The summed E-state index contributed by atoms with van der Waals surface area (Å²) in [5, 5.41) is 8.85. The van der Waals surface area contributed by atoms with Crippen LogP contribution in [0.4, 0.5) is 5.82 Å². The van der Waals surface area contributed by atoms with Gasteiger partial charge in [0.2, 0.25) is 0 Å². The molecule has 1 aromatic rings. The van der Waals surface area contributed by atoms with E-state index in [0.29, 0.717) is 4.91 Å². The number of carbonyl (C=O) groups is 2. The summed E-state index contributed by atoms with van der Waals surface area (Å²) >= 11 is 6.21. The van der Waals surface area contributed by atoms with E-state index < -0.39 is 12.5 Å². The first-order valence-electron chi connectivity index (χ1n) is 7.23. The molecule has 3 heterocycles. The van der Waals surface area contributed by atoms with Gasteiger partial charge in [-0.1, -0.05) is 24.0 Å². The van der Waals surface area contributed by atoms with E-state index in [9.17, 15) is 9.59 Å². The number of carbonyl (C=O) groups excluding carboxylic acids is 1. The van der Waals surface area contributed by atoms with E-state index in [4.69, 9.17) is 17.3 Å². The largest absolute Gasteiger partial charge is 0.480 e. The summed E-state index contributed by atoms with van der Waals surface area (Å²) in [6, 6.07) is 3.76. The van der Waals surface area contributed by atoms with Gasteiger partial charge in [0.1, 0.15) is 16.7 Å². The van der Waals surface area contributed by atoms with Crippen molar-refractivity contribution in [2.24, 2.45) is 0 Å². The van der Waals surface area contributed by atoms with E-state index in [1.54, 1.807) is 12.3 Å². The maximum Gasteiger partial charge on any atom is 0.323 e. The van der Waals surface area contributed by atoms with Gasteiger partial charge in [0.25, 0.3) is 5.91 Å². The van der Waals surface area contributed by atoms with Crippen LogP contribution in [0.2, 0.25) is 0 Å². The number of aliphatic carboxylic acids is 1. The van der Waals surface area contributed by atoms with Gasteiger partial charge in [0, 0.05) is 19.3 Å². The van der Waals surface area contributed by atoms with Crippen LogP contribution in [-0.2, 0) is 9.59 Å². The molecule has 23 heavy (non-hydrogen) atoms. The lowest BCUT2D eigenvalue weighted by Crippen LogP contribution is -2.33. The standard InChI is InChI=1S/C15H15N3O3S2/c19-13(20)9-18-14(21)11(23-15(18)22)7-10-3-4-16-12(8-10)17-5-1-2-6-17/h3-4,7-8H,1-2,5-6,9H2,(H,19,20)/b11-7+. The lowest BCUT2D eigenvalue weighted by atomic mass is 10.2. The number of hydrogen-bond acceptors (Lipinski definition) is 6. The summed E-state index contributed by atoms with van der Waals surface area (Å²) in [5.41, 5.74) is 0.859. The molecule has 0 unspecified atom stereocenters. The van der Waals surface area contributed by atoms with E-state index >= 15 is 0 Å². The maximum atomic E-state index is 12.3. The second kappa shape index (κ2) is 6.67. The Morgan fingerprint density at radius 3 is 2.87 bits per heavy atom. The minimum atomic E-state index is -1.08. The smallest absolute Gasteiger partial charge is 0.323 e. The van der Waals surface area contributed by atoms with Crippen LogP contribution < -0.4 is 4.90 Å². The van der Waals surface area contributed by atoms with Crippen molar-refractivity contribution in [3.63, 3.8) is 0 Å². The van der Waals surface area contributed by atoms with E-state index in [-0.39, 0.29) is 10.2 Å². The normalized spacial score (nSPS) is 19.9. The average molecular weight is 349 g/mol. The highest BCUT2D eigenvalue weighted by Crippen LogP contribution is 2.32. The van der Waals surface area contributed by atoms with Crippen LogP contribution >= 0.6 is 24.0 Å². The van der Waals surface area contributed by atoms with Crippen LogP contribution in [0.25, 0.3) is 6.08 Å². The number of aromatic nitrogens is 1. The highest BCUT2D eigenvalue weighted by Gasteiger charge is 2.33. The Morgan fingerprint density at radius 1 is 1.43 bits per heavy atom. The van der Waals surface area contributed by atoms with Crippen LogP contribution in [0, 0.1) is 0 Å². The first-order valence-corrected chi connectivity index (χ1v) is 8.45. The summed E-state index contributed by atoms with van der Waals surface area (Å²) in [5.74, 6) is -0.540. The van der Waals surface area contributed by atoms with Crippen molar-refractivity contribution in [3.05, 3.63) is 28.8 Å². The minimum Gasteiger partial charge on any atom is -0.480 e. The van der Waals surface area contributed by atoms with Gasteiger partial charge in [0.05, 0.1) is 4.91 Å². The fourth-order valence-electron chi connectivity index (χ4n) is 2.57. The molecular formula is C15H15N3O3S2. The van der Waals surface area contributed by atoms with Gasteiger partial charge in [-0.2, -0.15) is 0 Å². The van der Waals surface area contributed by atoms with Gasteiger partial charge < -0.3 is 10.0 Å². The van der Waals surface area contributed by atoms with Crippen molar-refractivity contribution in [1.29, 1.82) is 0 Å². The summed E-state index contributed by atoms with van der Waals surface area (Å²) in [4.78, 5) is 31.2. The molecule has 6 nitrogen and oxygen atoms in total. The van der Waals surface area contributed by atoms with Crippen molar-refractivity contribution in [2.45, 2.75) is 12.8 Å². The van der Waals surface area contributed by atoms with Crippen LogP contribution in [0.5, 0.6) is 0 Å². The third kappa shape index (κ3) is 3.53. The summed E-state index contributed by atoms with van der Waals surface area (Å²) in [6.45, 7) is 1.59. The van der Waals surface area contributed by atoms with Crippen LogP contribution in [0.1, 0.15) is 18.4 Å². The predicted molar refractivity (Wildman–Crippen MR) is 93.2 cm³/mol. The molecule has 0 bridgehead atoms. The molecule has 0 saturated carbocycles. The van der Waals surface area contributed by atoms with Crippen molar-refractivity contribution >= 4 is 52.1 Å². The molecule has 1 amide bonds. The Hall–Kier alpha value is -1.93. The molecule has 8 heteroatoms. The molecule has 2 saturated heterocycles. The summed E-state index contributed by atoms with van der Waals surface area (Å²) in [6.07, 6.45) is 5.79. The molecule has 2 fully saturated rings. The van der Waals surface area contributed by atoms with Crippen molar-refractivity contribution in [3.8, 4) is 0 Å². The Bertz CT molecular complexity index is 699. The number of hydrogen-bond donors (Lipinski definition) is 1. The number of carboxylic acid groups (broad SMARTS) is 1. The molecule has 0 spiro atoms. The first kappa shape index (κ1) is 15.9. The van der Waals surface area contributed by atoms with Gasteiger partial charge in [-0.25, -0.2) is 4.98 Å². The molecule has 0 aliphatic carbocycles. The first-order chi connectivity index (χ1) is 11.0. The fraction of sp³-hybridized carbons (Fsp3) is 0.333. The molecular weight excluding hydrogens is 334 g/mol. The number of pyridine rings is 1. The third-order valence-corrected chi connectivity index (χ3v) is 5.04. The number of nitrogens with zero attached hydrogens (tertiary/aromatic N) is 3. The van der Waals surface area contributed by atoms with Crippen molar-refractivity contribution in [1.82, 2.24) is 9.88 Å². The molecule has 0 aromatic carbocycles. The Morgan fingerprint density at radius 2 is 2.17 bits per heavy atom. The van der Waals surface area contributed by atoms with E-state index in [0.717, 1.165) is 41.1 Å². The van der Waals surface area contributed by atoms with E-state index in [2.05, 4.69) is 9.88 Å². The van der Waals surface area contributed by atoms with E-state index in [1.807, 2.05) is 12.1 Å². The summed E-state index contributed by atoms with van der Waals surface area (Å²) < 4.78 is 0.275. The monoisotopic (exact) mass is 349 g/mol. The molecule has 120 valence electrons. The zero-order valence-electron chi connectivity index (χ0n) is 12.3. The van der Waals surface area contributed by atoms with Crippen molar-refractivity contribution in [2.75, 3.05) is 24.5 Å². The molecule has 2 aliphatic rings. The number of thioether (sulfide) groups is 1. The molecule has 2 aliphatic heterocycles. The number of carboxylic acids is 1. The van der Waals surface area contributed by atoms with Crippen molar-refractivity contribution < 1.29 is 14.7 Å². The number of anilines is 1. The lowest BCUT2D eigenvalue weighted by Gasteiger charge is -2.16. The molecule has 0 atom stereocenters. The minimum absolute atomic E-state index is 0.275. The van der Waals surface area contributed by atoms with Crippen LogP contribution in [0.3, 0.4) is 0 Å². The van der Waals surface area contributed by atoms with Gasteiger partial charge in [-0.15, -0.1) is 0 Å².